The van der Waals surface area contributed by atoms with Gasteiger partial charge in [-0.25, -0.2) is 0 Å². The fraction of sp³-hybridized carbons (Fsp3) is 0.0789. The summed E-state index contributed by atoms with van der Waals surface area (Å²) >= 11 is 0. The maximum atomic E-state index is 12.5. The molecule has 0 bridgehead atoms. The summed E-state index contributed by atoms with van der Waals surface area (Å²) < 4.78 is 95.7. The van der Waals surface area contributed by atoms with Crippen molar-refractivity contribution in [1.29, 1.82) is 0 Å². The number of ketones is 7. The molecular weight excluding hydrogens is 1660 g/mol. The summed E-state index contributed by atoms with van der Waals surface area (Å²) in [6.07, 6.45) is 13.8. The molecule has 0 aromatic heterocycles. The quantitative estimate of drug-likeness (QED) is 0.0305. The van der Waals surface area contributed by atoms with Gasteiger partial charge in [0.15, 0.2) is 52.0 Å². The highest BCUT2D eigenvalue weighted by atomic mass is 19.4. The summed E-state index contributed by atoms with van der Waals surface area (Å²) in [5.74, 6) is 1.78. The predicted molar refractivity (Wildman–Crippen MR) is 514 cm³/mol. The van der Waals surface area contributed by atoms with Crippen LogP contribution in [0.1, 0.15) is 139 Å². The third kappa shape index (κ3) is 34.9. The molecule has 0 aliphatic rings. The van der Waals surface area contributed by atoms with E-state index in [0.29, 0.717) is 61.9 Å². The Balaban J connectivity index is 0.000000189. The summed E-state index contributed by atoms with van der Waals surface area (Å²) in [6, 6.07) is 108. The molecule has 0 unspecified atom stereocenters. The van der Waals surface area contributed by atoms with E-state index in [0.717, 1.165) is 74.3 Å². The van der Waals surface area contributed by atoms with Crippen LogP contribution in [0.4, 0.5) is 26.3 Å². The number of benzene rings is 14. The van der Waals surface area contributed by atoms with E-state index in [-0.39, 0.29) is 40.5 Å². The molecule has 0 N–H and O–H groups in total. The molecule has 14 rings (SSSR count). The second kappa shape index (κ2) is 53.3. The molecule has 14 aromatic rings. The minimum atomic E-state index is -4.38. The molecule has 0 heterocycles. The Morgan fingerprint density at radius 1 is 0.237 bits per heavy atom. The highest BCUT2D eigenvalue weighted by Gasteiger charge is 2.31. The topological polar surface area (TPSA) is 156 Å². The zero-order valence-electron chi connectivity index (χ0n) is 73.1. The Labute approximate surface area is 760 Å². The van der Waals surface area contributed by atoms with E-state index < -0.39 is 23.5 Å². The van der Waals surface area contributed by atoms with Gasteiger partial charge in [-0.1, -0.05) is 364 Å². The van der Waals surface area contributed by atoms with E-state index in [2.05, 4.69) is 0 Å². The summed E-state index contributed by atoms with van der Waals surface area (Å²) in [5.41, 5.74) is 12.0. The molecule has 0 radical (unpaired) electrons. The monoisotopic (exact) mass is 1750 g/mol. The number of methoxy groups -OCH3 is 4. The first-order valence-electron chi connectivity index (χ1n) is 41.1. The molecule has 131 heavy (non-hydrogen) atoms. The van der Waals surface area contributed by atoms with Gasteiger partial charge in [0.1, 0.15) is 11.5 Å². The van der Waals surface area contributed by atoms with Gasteiger partial charge in [0.2, 0.25) is 0 Å². The second-order valence-electron chi connectivity index (χ2n) is 28.5. The van der Waals surface area contributed by atoms with Crippen molar-refractivity contribution in [3.8, 4) is 23.0 Å². The van der Waals surface area contributed by atoms with E-state index in [9.17, 15) is 59.9 Å². The van der Waals surface area contributed by atoms with Crippen LogP contribution in [0.25, 0.3) is 42.5 Å². The first-order valence-corrected chi connectivity index (χ1v) is 41.1. The van der Waals surface area contributed by atoms with Crippen LogP contribution in [-0.2, 0) is 12.4 Å². The smallest absolute Gasteiger partial charge is 0.416 e. The number of allylic oxidation sites excluding steroid dienone is 7. The molecule has 14 aromatic carbocycles. The van der Waals surface area contributed by atoms with Gasteiger partial charge in [-0.05, 0) is 168 Å². The first kappa shape index (κ1) is 100. The maximum absolute atomic E-state index is 12.5. The normalized spacial score (nSPS) is 10.9. The van der Waals surface area contributed by atoms with Gasteiger partial charge in [0.05, 0.1) is 50.7 Å². The van der Waals surface area contributed by atoms with Gasteiger partial charge in [-0.3, -0.25) is 33.6 Å². The summed E-state index contributed by atoms with van der Waals surface area (Å²) in [7, 11) is 6.25. The average Bonchev–Trinajstić information content (AvgIpc) is 0.824. The molecule has 0 spiro atoms. The van der Waals surface area contributed by atoms with Gasteiger partial charge in [-0.15, -0.1) is 0 Å². The Bertz CT molecular complexity index is 6230. The molecule has 0 amide bonds. The van der Waals surface area contributed by atoms with Gasteiger partial charge in [-0.2, -0.15) is 26.3 Å². The van der Waals surface area contributed by atoms with E-state index >= 15 is 0 Å². The zero-order chi connectivity index (χ0) is 94.2. The predicted octanol–water partition coefficient (Wildman–Crippen LogP) is 28.1. The lowest BCUT2D eigenvalue weighted by atomic mass is 10.0. The lowest BCUT2D eigenvalue weighted by Gasteiger charge is -2.13. The Morgan fingerprint density at radius 2 is 0.573 bits per heavy atom. The summed E-state index contributed by atoms with van der Waals surface area (Å²) in [5, 5.41) is 0. The number of rotatable bonds is 25. The van der Waals surface area contributed by atoms with Gasteiger partial charge < -0.3 is 18.9 Å². The van der Waals surface area contributed by atoms with Crippen LogP contribution in [0.3, 0.4) is 0 Å². The lowest BCUT2D eigenvalue weighted by Crippen LogP contribution is -2.04. The van der Waals surface area contributed by atoms with Crippen LogP contribution in [-0.4, -0.2) is 68.9 Å². The van der Waals surface area contributed by atoms with Crippen LogP contribution in [0, 0.1) is 20.8 Å². The Morgan fingerprint density at radius 3 is 0.985 bits per heavy atom. The molecule has 660 valence electrons. The minimum Gasteiger partial charge on any atom is -0.497 e. The van der Waals surface area contributed by atoms with Crippen LogP contribution >= 0.6 is 0 Å². The maximum Gasteiger partial charge on any atom is 0.416 e. The molecule has 0 atom stereocenters. The molecule has 17 heteroatoms. The highest BCUT2D eigenvalue weighted by molar-refractivity contribution is 6.11. The summed E-state index contributed by atoms with van der Waals surface area (Å²) in [6.45, 7) is 5.95. The van der Waals surface area contributed by atoms with Crippen LogP contribution in [0.5, 0.6) is 23.0 Å². The van der Waals surface area contributed by atoms with Crippen molar-refractivity contribution >= 4 is 83.0 Å². The van der Waals surface area contributed by atoms with Crippen molar-refractivity contribution in [2.75, 3.05) is 28.4 Å². The molecule has 11 nitrogen and oxygen atoms in total. The number of ether oxygens (including phenoxy) is 4. The first-order chi connectivity index (χ1) is 63.2. The fourth-order valence-electron chi connectivity index (χ4n) is 12.0. The van der Waals surface area contributed by atoms with Crippen molar-refractivity contribution in [2.24, 2.45) is 0 Å². The van der Waals surface area contributed by atoms with Gasteiger partial charge in [0.25, 0.3) is 0 Å². The number of hydrogen-bond acceptors (Lipinski definition) is 11. The Hall–Kier alpha value is -16.3. The molecule has 0 aliphatic heterocycles. The molecule has 0 saturated carbocycles. The summed E-state index contributed by atoms with van der Waals surface area (Å²) in [4.78, 5) is 83.6. The van der Waals surface area contributed by atoms with Crippen molar-refractivity contribution in [3.05, 3.63) is 518 Å². The largest absolute Gasteiger partial charge is 0.497 e. The van der Waals surface area contributed by atoms with Gasteiger partial charge >= 0.3 is 12.4 Å². The number of hydrogen-bond donors (Lipinski definition) is 0. The van der Waals surface area contributed by atoms with Crippen LogP contribution in [0.2, 0.25) is 0 Å². The van der Waals surface area contributed by atoms with Crippen molar-refractivity contribution in [1.82, 2.24) is 0 Å². The van der Waals surface area contributed by atoms with Gasteiger partial charge in [0, 0.05) is 27.8 Å². The number of carbonyl (C=O) groups excluding carboxylic acids is 7. The lowest BCUT2D eigenvalue weighted by molar-refractivity contribution is -0.138. The van der Waals surface area contributed by atoms with E-state index in [4.69, 9.17) is 18.9 Å². The van der Waals surface area contributed by atoms with Crippen molar-refractivity contribution in [2.45, 2.75) is 33.1 Å². The number of alkyl halides is 6. The standard InChI is InChI=1S/C18H18O3.2C16H11F3O.2C16H14O2.2C16H14O/c1-13-9-11-15(18(21-3)17(13)20-2)16(19)12-10-14-7-5-4-6-8-14;17-16(18,19)14-8-4-5-12(11-14)9-10-15(20)13-6-2-1-3-7-13;17-16(18,19)14-9-6-12(7-10-14)8-11-15(20)13-4-2-1-3-5-13;1-18-16-10-6-5-9-14(16)15(17)12-11-13-7-3-2-4-8-13;1-18-15-9-5-8-14(12-15)16(17)11-10-13-6-3-2-4-7-13;1-13-7-5-6-8-14(13)11-12-16(17)15-9-3-2-4-10-15;1-13-7-10-15(11-8-13)16(17)12-9-14-5-3-2-4-6-14/h4-12H,1-3H3;2*1-11H;2*2-12H,1H3;2*2-12H,1H3/b12-10+;10-9+;11-8+;12-11+;11-10+;12-11+;12-9+. The minimum absolute atomic E-state index is 0.0299. The van der Waals surface area contributed by atoms with Crippen molar-refractivity contribution in [3.63, 3.8) is 0 Å². The number of carbonyl (C=O) groups is 7. The van der Waals surface area contributed by atoms with E-state index in [1.54, 1.807) is 155 Å². The number of halogens is 6. The number of aryl methyl sites for hydroxylation is 3. The van der Waals surface area contributed by atoms with Crippen molar-refractivity contribution < 1.29 is 78.9 Å². The molecule has 0 aliphatic carbocycles. The molecule has 0 fully saturated rings. The third-order valence-corrected chi connectivity index (χ3v) is 19.0. The third-order valence-electron chi connectivity index (χ3n) is 19.0. The highest BCUT2D eigenvalue weighted by Crippen LogP contribution is 2.36. The average molecular weight is 1760 g/mol. The Kier molecular flexibility index (Phi) is 40.7. The molecule has 0 saturated heterocycles. The SMILES string of the molecule is COc1c(C)ccc(C(=O)/C=C/c2ccccc2)c1OC.COc1cccc(C(=O)/C=C/c2ccccc2)c1.COc1ccccc1C(=O)/C=C/c1ccccc1.Cc1ccc(C(=O)/C=C/c2ccccc2)cc1.Cc1ccccc1/C=C/C(=O)c1ccccc1.O=C(/C=C/c1ccc(C(F)(F)F)cc1)c1ccccc1.O=C(/C=C/c1cccc(C(F)(F)F)c1)c1ccccc1. The van der Waals surface area contributed by atoms with Crippen LogP contribution < -0.4 is 18.9 Å². The zero-order valence-corrected chi connectivity index (χ0v) is 73.1. The second-order valence-corrected chi connectivity index (χ2v) is 28.5. The molecular formula is C114H96F6O11. The van der Waals surface area contributed by atoms with Crippen LogP contribution in [0.15, 0.2) is 413 Å². The van der Waals surface area contributed by atoms with E-state index in [1.807, 2.05) is 270 Å². The number of para-hydroxylation sites is 1. The fourth-order valence-corrected chi connectivity index (χ4v) is 12.0. The van der Waals surface area contributed by atoms with E-state index in [1.165, 1.54) is 61.2 Å².